The molecule has 0 aromatic carbocycles. The molecule has 0 bridgehead atoms. The second-order valence-corrected chi connectivity index (χ2v) is 6.87. The van der Waals surface area contributed by atoms with Crippen molar-refractivity contribution in [2.24, 2.45) is 0 Å². The van der Waals surface area contributed by atoms with Gasteiger partial charge in [-0.15, -0.1) is 0 Å². The molecule has 18 heavy (non-hydrogen) atoms. The zero-order chi connectivity index (χ0) is 13.2. The minimum absolute atomic E-state index is 0.249. The van der Waals surface area contributed by atoms with E-state index in [2.05, 4.69) is 4.74 Å². The Labute approximate surface area is 116 Å². The molecule has 1 aliphatic rings. The summed E-state index contributed by atoms with van der Waals surface area (Å²) in [6.07, 6.45) is 5.08. The molecule has 1 unspecified atom stereocenters. The fraction of sp³-hybridized carbons (Fsp3) is 0.833. The van der Waals surface area contributed by atoms with E-state index in [-0.39, 0.29) is 18.7 Å². The monoisotopic (exact) mass is 292 g/mol. The van der Waals surface area contributed by atoms with Gasteiger partial charge in [0.25, 0.3) is 0 Å². The highest BCUT2D eigenvalue weighted by Gasteiger charge is 2.15. The van der Waals surface area contributed by atoms with Crippen molar-refractivity contribution in [3.05, 3.63) is 0 Å². The van der Waals surface area contributed by atoms with E-state index in [4.69, 9.17) is 4.74 Å². The number of unbranched alkanes of at least 4 members (excludes halogenated alkanes) is 1. The molecular weight excluding hydrogens is 272 g/mol. The van der Waals surface area contributed by atoms with Crippen LogP contribution in [0.25, 0.3) is 0 Å². The van der Waals surface area contributed by atoms with Crippen molar-refractivity contribution in [2.45, 2.75) is 50.7 Å². The lowest BCUT2D eigenvalue weighted by molar-refractivity contribution is -0.167. The first-order valence-electron chi connectivity index (χ1n) is 6.32. The Morgan fingerprint density at radius 2 is 2.00 bits per heavy atom. The molecule has 6 heteroatoms. The van der Waals surface area contributed by atoms with Crippen molar-refractivity contribution in [3.63, 3.8) is 0 Å². The molecule has 1 saturated heterocycles. The first-order chi connectivity index (χ1) is 8.72. The molecule has 1 atom stereocenters. The lowest BCUT2D eigenvalue weighted by Crippen LogP contribution is -2.12. The van der Waals surface area contributed by atoms with E-state index < -0.39 is 0 Å². The molecule has 1 rings (SSSR count). The van der Waals surface area contributed by atoms with Crippen LogP contribution in [0.1, 0.15) is 45.4 Å². The van der Waals surface area contributed by atoms with E-state index in [9.17, 15) is 9.59 Å². The lowest BCUT2D eigenvalue weighted by Gasteiger charge is -2.07. The number of hydrogen-bond acceptors (Lipinski definition) is 6. The summed E-state index contributed by atoms with van der Waals surface area (Å²) in [6, 6.07) is 0. The molecule has 0 amide bonds. The minimum atomic E-state index is -0.349. The highest BCUT2D eigenvalue weighted by atomic mass is 33.1. The average molecular weight is 292 g/mol. The third kappa shape index (κ3) is 7.16. The van der Waals surface area contributed by atoms with Gasteiger partial charge in [-0.3, -0.25) is 9.59 Å². The van der Waals surface area contributed by atoms with Crippen LogP contribution < -0.4 is 0 Å². The average Bonchev–Trinajstić information content (AvgIpc) is 2.87. The highest BCUT2D eigenvalue weighted by molar-refractivity contribution is 8.77. The maximum atomic E-state index is 11.3. The molecule has 0 aromatic rings. The predicted octanol–water partition coefficient (Wildman–Crippen LogP) is 3.15. The van der Waals surface area contributed by atoms with Crippen LogP contribution in [0, 0.1) is 0 Å². The molecule has 0 radical (unpaired) electrons. The van der Waals surface area contributed by atoms with Crippen molar-refractivity contribution < 1.29 is 19.1 Å². The largest absolute Gasteiger partial charge is 0.428 e. The number of carbonyl (C=O) groups excluding carboxylic acids is 2. The zero-order valence-electron chi connectivity index (χ0n) is 10.7. The van der Waals surface area contributed by atoms with Gasteiger partial charge in [-0.2, -0.15) is 0 Å². The number of carbonyl (C=O) groups is 2. The van der Waals surface area contributed by atoms with Crippen LogP contribution in [0.4, 0.5) is 0 Å². The summed E-state index contributed by atoms with van der Waals surface area (Å²) in [5.74, 6) is 0.617. The van der Waals surface area contributed by atoms with Crippen molar-refractivity contribution in [1.82, 2.24) is 0 Å². The van der Waals surface area contributed by atoms with E-state index in [1.807, 2.05) is 21.6 Å². The standard InChI is InChI=1S/C12H20O4S2/c1-2-11(13)15-9-16-12(14)6-4-3-5-10-7-8-17-18-10/h10H,2-9H2,1H3. The normalized spacial score (nSPS) is 18.6. The number of esters is 2. The van der Waals surface area contributed by atoms with Crippen LogP contribution in [0.3, 0.4) is 0 Å². The van der Waals surface area contributed by atoms with Gasteiger partial charge in [-0.1, -0.05) is 34.9 Å². The number of rotatable bonds is 8. The minimum Gasteiger partial charge on any atom is -0.428 e. The quantitative estimate of drug-likeness (QED) is 0.296. The molecule has 4 nitrogen and oxygen atoms in total. The third-order valence-corrected chi connectivity index (χ3v) is 5.62. The summed E-state index contributed by atoms with van der Waals surface area (Å²) in [5, 5.41) is 0.761. The van der Waals surface area contributed by atoms with Crippen LogP contribution in [0.2, 0.25) is 0 Å². The molecule has 1 aliphatic heterocycles. The van der Waals surface area contributed by atoms with E-state index in [1.54, 1.807) is 6.92 Å². The molecular formula is C12H20O4S2. The first-order valence-corrected chi connectivity index (χ1v) is 8.70. The van der Waals surface area contributed by atoms with Gasteiger partial charge < -0.3 is 9.47 Å². The van der Waals surface area contributed by atoms with Gasteiger partial charge in [0.1, 0.15) is 0 Å². The summed E-state index contributed by atoms with van der Waals surface area (Å²) in [4.78, 5) is 22.1. The summed E-state index contributed by atoms with van der Waals surface area (Å²) < 4.78 is 9.46. The van der Waals surface area contributed by atoms with Crippen LogP contribution in [-0.2, 0) is 19.1 Å². The second-order valence-electron chi connectivity index (χ2n) is 4.08. The van der Waals surface area contributed by atoms with Gasteiger partial charge in [-0.25, -0.2) is 0 Å². The van der Waals surface area contributed by atoms with Crippen LogP contribution in [-0.4, -0.2) is 29.7 Å². The van der Waals surface area contributed by atoms with Gasteiger partial charge in [0.15, 0.2) is 0 Å². The van der Waals surface area contributed by atoms with Gasteiger partial charge in [0.2, 0.25) is 6.79 Å². The molecule has 1 fully saturated rings. The maximum absolute atomic E-state index is 11.3. The van der Waals surface area contributed by atoms with E-state index in [1.165, 1.54) is 18.6 Å². The van der Waals surface area contributed by atoms with Gasteiger partial charge in [0.05, 0.1) is 0 Å². The number of hydrogen-bond donors (Lipinski definition) is 0. The summed E-state index contributed by atoms with van der Waals surface area (Å²) in [6.45, 7) is 1.45. The van der Waals surface area contributed by atoms with E-state index >= 15 is 0 Å². The summed E-state index contributed by atoms with van der Waals surface area (Å²) >= 11 is 0. The smallest absolute Gasteiger partial charge is 0.308 e. The fourth-order valence-corrected chi connectivity index (χ4v) is 4.57. The van der Waals surface area contributed by atoms with Crippen LogP contribution in [0.15, 0.2) is 0 Å². The second kappa shape index (κ2) is 9.55. The van der Waals surface area contributed by atoms with Gasteiger partial charge in [-0.05, 0) is 19.3 Å². The van der Waals surface area contributed by atoms with Crippen molar-refractivity contribution in [3.8, 4) is 0 Å². The fourth-order valence-electron chi connectivity index (χ4n) is 1.54. The Kier molecular flexibility index (Phi) is 8.33. The van der Waals surface area contributed by atoms with E-state index in [0.29, 0.717) is 12.8 Å². The molecule has 0 spiro atoms. The Balaban J connectivity index is 1.91. The molecule has 104 valence electrons. The first kappa shape index (κ1) is 15.7. The molecule has 1 heterocycles. The highest BCUT2D eigenvalue weighted by Crippen LogP contribution is 2.39. The summed E-state index contributed by atoms with van der Waals surface area (Å²) in [5.41, 5.74) is 0. The zero-order valence-corrected chi connectivity index (χ0v) is 12.3. The Bertz CT molecular complexity index is 265. The van der Waals surface area contributed by atoms with Gasteiger partial charge >= 0.3 is 11.9 Å². The molecule has 0 saturated carbocycles. The Morgan fingerprint density at radius 3 is 2.67 bits per heavy atom. The third-order valence-electron chi connectivity index (χ3n) is 2.61. The Hall–Kier alpha value is -0.360. The van der Waals surface area contributed by atoms with Crippen molar-refractivity contribution in [2.75, 3.05) is 12.5 Å². The molecule has 0 N–H and O–H groups in total. The van der Waals surface area contributed by atoms with Gasteiger partial charge in [0, 0.05) is 23.8 Å². The van der Waals surface area contributed by atoms with Crippen molar-refractivity contribution >= 4 is 33.5 Å². The lowest BCUT2D eigenvalue weighted by atomic mass is 10.1. The topological polar surface area (TPSA) is 52.6 Å². The predicted molar refractivity (Wildman–Crippen MR) is 74.3 cm³/mol. The Morgan fingerprint density at radius 1 is 1.22 bits per heavy atom. The van der Waals surface area contributed by atoms with E-state index in [0.717, 1.165) is 18.1 Å². The van der Waals surface area contributed by atoms with Crippen molar-refractivity contribution in [1.29, 1.82) is 0 Å². The number of ether oxygens (including phenoxy) is 2. The SMILES string of the molecule is CCC(=O)OCOC(=O)CCCCC1CCSS1. The van der Waals surface area contributed by atoms with Crippen LogP contribution >= 0.6 is 21.6 Å². The maximum Gasteiger partial charge on any atom is 0.308 e. The summed E-state index contributed by atoms with van der Waals surface area (Å²) in [7, 11) is 3.90. The molecule has 0 aliphatic carbocycles. The molecule has 0 aromatic heterocycles. The van der Waals surface area contributed by atoms with Crippen LogP contribution in [0.5, 0.6) is 0 Å².